The lowest BCUT2D eigenvalue weighted by atomic mass is 10.1. The van der Waals surface area contributed by atoms with Crippen molar-refractivity contribution >= 4 is 28.5 Å². The van der Waals surface area contributed by atoms with E-state index in [4.69, 9.17) is 9.47 Å². The molecular formula is C19H25N3O4. The molecule has 7 heteroatoms. The van der Waals surface area contributed by atoms with Crippen LogP contribution in [0.1, 0.15) is 31.3 Å². The van der Waals surface area contributed by atoms with Gasteiger partial charge in [0.05, 0.1) is 31.0 Å². The Balaban J connectivity index is 1.85. The Bertz CT molecular complexity index is 806. The van der Waals surface area contributed by atoms with Gasteiger partial charge in [0.1, 0.15) is 5.69 Å². The summed E-state index contributed by atoms with van der Waals surface area (Å²) in [4.78, 5) is 30.1. The third-order valence-corrected chi connectivity index (χ3v) is 4.72. The smallest absolute Gasteiger partial charge is 0.356 e. The number of ether oxygens (including phenoxy) is 2. The molecule has 1 amide bonds. The lowest BCUT2D eigenvalue weighted by Gasteiger charge is -2.38. The number of hydrogen-bond donors (Lipinski definition) is 2. The number of morpholine rings is 1. The first kappa shape index (κ1) is 18.4. The number of para-hydroxylation sites is 1. The highest BCUT2D eigenvalue weighted by atomic mass is 16.5. The van der Waals surface area contributed by atoms with Crippen LogP contribution in [0.5, 0.6) is 0 Å². The van der Waals surface area contributed by atoms with E-state index in [2.05, 4.69) is 15.2 Å². The second-order valence-electron chi connectivity index (χ2n) is 6.79. The van der Waals surface area contributed by atoms with Crippen molar-refractivity contribution in [2.45, 2.75) is 39.0 Å². The molecule has 3 atom stereocenters. The molecule has 0 bridgehead atoms. The van der Waals surface area contributed by atoms with Gasteiger partial charge >= 0.3 is 5.97 Å². The number of anilines is 1. The van der Waals surface area contributed by atoms with Crippen LogP contribution in [-0.4, -0.2) is 60.2 Å². The van der Waals surface area contributed by atoms with E-state index >= 15 is 0 Å². The summed E-state index contributed by atoms with van der Waals surface area (Å²) >= 11 is 0. The SMILES string of the molecule is COC(=O)c1[nH]c2ccccc2c1NC(=O)[C@H](C)N1C[C@H](C)O[C@@H](C)C1. The number of amides is 1. The van der Waals surface area contributed by atoms with Gasteiger partial charge in [0.2, 0.25) is 5.91 Å². The third-order valence-electron chi connectivity index (χ3n) is 4.72. The van der Waals surface area contributed by atoms with Crippen LogP contribution < -0.4 is 5.32 Å². The van der Waals surface area contributed by atoms with Crippen LogP contribution in [0.4, 0.5) is 5.69 Å². The summed E-state index contributed by atoms with van der Waals surface area (Å²) in [6, 6.07) is 7.10. The number of carbonyl (C=O) groups is 2. The van der Waals surface area contributed by atoms with Crippen molar-refractivity contribution in [3.8, 4) is 0 Å². The molecule has 0 spiro atoms. The number of benzene rings is 1. The van der Waals surface area contributed by atoms with Gasteiger partial charge in [-0.3, -0.25) is 9.69 Å². The first-order chi connectivity index (χ1) is 12.4. The number of carbonyl (C=O) groups excluding carboxylic acids is 2. The molecule has 0 saturated carbocycles. The number of H-pyrrole nitrogens is 1. The Hall–Kier alpha value is -2.38. The number of hydrogen-bond acceptors (Lipinski definition) is 5. The van der Waals surface area contributed by atoms with E-state index in [1.165, 1.54) is 7.11 Å². The first-order valence-corrected chi connectivity index (χ1v) is 8.80. The fourth-order valence-corrected chi connectivity index (χ4v) is 3.45. The van der Waals surface area contributed by atoms with Gasteiger partial charge in [-0.05, 0) is 26.8 Å². The van der Waals surface area contributed by atoms with Crippen molar-refractivity contribution < 1.29 is 19.1 Å². The lowest BCUT2D eigenvalue weighted by molar-refractivity contribution is -0.126. The first-order valence-electron chi connectivity index (χ1n) is 8.80. The van der Waals surface area contributed by atoms with E-state index in [9.17, 15) is 9.59 Å². The van der Waals surface area contributed by atoms with E-state index in [-0.39, 0.29) is 29.9 Å². The third kappa shape index (κ3) is 3.59. The molecule has 1 aromatic carbocycles. The second-order valence-corrected chi connectivity index (χ2v) is 6.79. The van der Waals surface area contributed by atoms with Crippen LogP contribution in [-0.2, 0) is 14.3 Å². The molecule has 1 aliphatic rings. The summed E-state index contributed by atoms with van der Waals surface area (Å²) in [5.74, 6) is -0.682. The molecule has 1 fully saturated rings. The maximum Gasteiger partial charge on any atom is 0.356 e. The molecule has 26 heavy (non-hydrogen) atoms. The van der Waals surface area contributed by atoms with Gasteiger partial charge in [0, 0.05) is 24.0 Å². The minimum Gasteiger partial charge on any atom is -0.464 e. The number of aromatic amines is 1. The summed E-state index contributed by atoms with van der Waals surface area (Å²) in [6.45, 7) is 7.25. The Morgan fingerprint density at radius 2 is 1.92 bits per heavy atom. The summed E-state index contributed by atoms with van der Waals surface area (Å²) in [7, 11) is 1.32. The quantitative estimate of drug-likeness (QED) is 0.819. The van der Waals surface area contributed by atoms with E-state index in [0.717, 1.165) is 10.9 Å². The van der Waals surface area contributed by atoms with E-state index in [1.54, 1.807) is 0 Å². The standard InChI is InChI=1S/C19H25N3O4/c1-11-9-22(10-12(2)26-11)13(3)18(23)21-16-14-7-5-6-8-15(14)20-17(16)19(24)25-4/h5-8,11-13,20H,9-10H2,1-4H3,(H,21,23)/t11-,12-,13-/m0/s1. The number of aromatic nitrogens is 1. The Labute approximate surface area is 152 Å². The van der Waals surface area contributed by atoms with Crippen LogP contribution >= 0.6 is 0 Å². The van der Waals surface area contributed by atoms with Crippen LogP contribution in [0.2, 0.25) is 0 Å². The Morgan fingerprint density at radius 1 is 1.27 bits per heavy atom. The monoisotopic (exact) mass is 359 g/mol. The van der Waals surface area contributed by atoms with Crippen molar-refractivity contribution in [2.75, 3.05) is 25.5 Å². The molecule has 1 aliphatic heterocycles. The Kier molecular flexibility index (Phi) is 5.29. The van der Waals surface area contributed by atoms with Gasteiger partial charge in [-0.2, -0.15) is 0 Å². The fraction of sp³-hybridized carbons (Fsp3) is 0.474. The van der Waals surface area contributed by atoms with E-state index in [0.29, 0.717) is 18.8 Å². The molecule has 3 rings (SSSR count). The zero-order valence-electron chi connectivity index (χ0n) is 15.5. The van der Waals surface area contributed by atoms with Crippen LogP contribution in [0.3, 0.4) is 0 Å². The molecule has 2 heterocycles. The minimum absolute atomic E-state index is 0.0766. The number of fused-ring (bicyclic) bond motifs is 1. The summed E-state index contributed by atoms with van der Waals surface area (Å²) in [6.07, 6.45) is 0.153. The highest BCUT2D eigenvalue weighted by Crippen LogP contribution is 2.28. The maximum atomic E-state index is 12.9. The largest absolute Gasteiger partial charge is 0.464 e. The highest BCUT2D eigenvalue weighted by molar-refractivity contribution is 6.11. The van der Waals surface area contributed by atoms with Crippen molar-refractivity contribution in [3.05, 3.63) is 30.0 Å². The summed E-state index contributed by atoms with van der Waals surface area (Å²) < 4.78 is 10.6. The maximum absolute atomic E-state index is 12.9. The number of esters is 1. The van der Waals surface area contributed by atoms with Crippen molar-refractivity contribution in [3.63, 3.8) is 0 Å². The molecule has 1 aromatic heterocycles. The summed E-state index contributed by atoms with van der Waals surface area (Å²) in [5, 5.41) is 3.70. The number of methoxy groups -OCH3 is 1. The molecule has 2 N–H and O–H groups in total. The van der Waals surface area contributed by atoms with E-state index in [1.807, 2.05) is 45.0 Å². The molecule has 0 radical (unpaired) electrons. The minimum atomic E-state index is -0.516. The molecular weight excluding hydrogens is 334 g/mol. The molecule has 0 unspecified atom stereocenters. The second kappa shape index (κ2) is 7.47. The van der Waals surface area contributed by atoms with Crippen molar-refractivity contribution in [2.24, 2.45) is 0 Å². The van der Waals surface area contributed by atoms with Crippen molar-refractivity contribution in [1.82, 2.24) is 9.88 Å². The van der Waals surface area contributed by atoms with Gasteiger partial charge in [0.25, 0.3) is 0 Å². The van der Waals surface area contributed by atoms with Gasteiger partial charge < -0.3 is 19.8 Å². The molecule has 7 nitrogen and oxygen atoms in total. The average molecular weight is 359 g/mol. The van der Waals surface area contributed by atoms with Gasteiger partial charge in [-0.1, -0.05) is 18.2 Å². The predicted octanol–water partition coefficient (Wildman–Crippen LogP) is 2.39. The van der Waals surface area contributed by atoms with Gasteiger partial charge in [-0.15, -0.1) is 0 Å². The lowest BCUT2D eigenvalue weighted by Crippen LogP contribution is -2.52. The van der Waals surface area contributed by atoms with Crippen LogP contribution in [0.15, 0.2) is 24.3 Å². The number of rotatable bonds is 4. The highest BCUT2D eigenvalue weighted by Gasteiger charge is 2.30. The number of nitrogens with one attached hydrogen (secondary N) is 2. The topological polar surface area (TPSA) is 83.7 Å². The summed E-state index contributed by atoms with van der Waals surface area (Å²) in [5.41, 5.74) is 1.47. The molecule has 140 valence electrons. The average Bonchev–Trinajstić information content (AvgIpc) is 2.98. The predicted molar refractivity (Wildman–Crippen MR) is 99.3 cm³/mol. The normalized spacial score (nSPS) is 22.2. The zero-order chi connectivity index (χ0) is 18.8. The molecule has 0 aliphatic carbocycles. The zero-order valence-corrected chi connectivity index (χ0v) is 15.5. The molecule has 1 saturated heterocycles. The van der Waals surface area contributed by atoms with E-state index < -0.39 is 5.97 Å². The van der Waals surface area contributed by atoms with Crippen LogP contribution in [0.25, 0.3) is 10.9 Å². The van der Waals surface area contributed by atoms with Gasteiger partial charge in [-0.25, -0.2) is 4.79 Å². The Morgan fingerprint density at radius 3 is 2.58 bits per heavy atom. The van der Waals surface area contributed by atoms with Crippen molar-refractivity contribution in [1.29, 1.82) is 0 Å². The fourth-order valence-electron chi connectivity index (χ4n) is 3.45. The van der Waals surface area contributed by atoms with Gasteiger partial charge in [0.15, 0.2) is 0 Å². The van der Waals surface area contributed by atoms with Crippen LogP contribution in [0, 0.1) is 0 Å². The molecule has 2 aromatic rings. The number of nitrogens with zero attached hydrogens (tertiary/aromatic N) is 1.